The van der Waals surface area contributed by atoms with Gasteiger partial charge in [0, 0.05) is 6.54 Å². The van der Waals surface area contributed by atoms with Crippen molar-refractivity contribution < 1.29 is 4.79 Å². The molecule has 3 unspecified atom stereocenters. The molecule has 3 heteroatoms. The minimum Gasteiger partial charge on any atom is -0.354 e. The van der Waals surface area contributed by atoms with Crippen molar-refractivity contribution >= 4 is 5.91 Å². The van der Waals surface area contributed by atoms with E-state index in [2.05, 4.69) is 18.3 Å². The lowest BCUT2D eigenvalue weighted by Crippen LogP contribution is -2.30. The number of carbonyl (C=O) groups excluding carboxylic acids is 1. The number of carbonyl (C=O) groups is 1. The molecule has 0 aromatic heterocycles. The van der Waals surface area contributed by atoms with Gasteiger partial charge in [-0.25, -0.2) is 0 Å². The topological polar surface area (TPSA) is 52.9 Å². The Labute approximate surface area is 101 Å². The zero-order valence-corrected chi connectivity index (χ0v) is 9.89. The summed E-state index contributed by atoms with van der Waals surface area (Å²) in [7, 11) is 0. The van der Waals surface area contributed by atoms with E-state index in [1.165, 1.54) is 6.42 Å². The van der Waals surface area contributed by atoms with Gasteiger partial charge >= 0.3 is 0 Å². The number of hydrogen-bond acceptors (Lipinski definition) is 2. The van der Waals surface area contributed by atoms with Crippen LogP contribution in [0.2, 0.25) is 0 Å². The predicted molar refractivity (Wildman–Crippen MR) is 65.1 cm³/mol. The second-order valence-corrected chi connectivity index (χ2v) is 4.69. The van der Waals surface area contributed by atoms with Gasteiger partial charge in [-0.3, -0.25) is 4.79 Å². The van der Waals surface area contributed by atoms with Crippen LogP contribution < -0.4 is 5.32 Å². The molecule has 3 nitrogen and oxygen atoms in total. The highest BCUT2D eigenvalue weighted by molar-refractivity contribution is 5.86. The van der Waals surface area contributed by atoms with Crippen molar-refractivity contribution in [3.8, 4) is 6.07 Å². The summed E-state index contributed by atoms with van der Waals surface area (Å²) in [4.78, 5) is 11.9. The largest absolute Gasteiger partial charge is 0.354 e. The van der Waals surface area contributed by atoms with Gasteiger partial charge in [0.25, 0.3) is 0 Å². The first-order valence-electron chi connectivity index (χ1n) is 5.94. The third kappa shape index (κ3) is 2.85. The van der Waals surface area contributed by atoms with Gasteiger partial charge in [-0.2, -0.15) is 5.26 Å². The second kappa shape index (κ2) is 5.01. The fourth-order valence-electron chi connectivity index (χ4n) is 1.95. The first-order valence-corrected chi connectivity index (χ1v) is 5.94. The Morgan fingerprint density at radius 3 is 2.71 bits per heavy atom. The van der Waals surface area contributed by atoms with Gasteiger partial charge in [-0.05, 0) is 23.8 Å². The Balaban J connectivity index is 1.94. The Morgan fingerprint density at radius 1 is 1.53 bits per heavy atom. The van der Waals surface area contributed by atoms with Crippen molar-refractivity contribution in [2.75, 3.05) is 6.54 Å². The second-order valence-electron chi connectivity index (χ2n) is 4.69. The maximum atomic E-state index is 11.9. The van der Waals surface area contributed by atoms with Gasteiger partial charge in [0.05, 0.1) is 6.07 Å². The maximum absolute atomic E-state index is 11.9. The van der Waals surface area contributed by atoms with Crippen molar-refractivity contribution in [1.82, 2.24) is 5.32 Å². The first-order chi connectivity index (χ1) is 8.22. The van der Waals surface area contributed by atoms with Crippen molar-refractivity contribution in [3.05, 3.63) is 35.9 Å². The number of nitrogens with zero attached hydrogens (tertiary/aromatic N) is 1. The average molecular weight is 228 g/mol. The molecule has 1 saturated carbocycles. The molecule has 0 spiro atoms. The number of rotatable bonds is 4. The Morgan fingerprint density at radius 2 is 2.18 bits per heavy atom. The number of hydrogen-bond donors (Lipinski definition) is 1. The van der Waals surface area contributed by atoms with E-state index in [1.807, 2.05) is 30.3 Å². The molecule has 0 aliphatic heterocycles. The summed E-state index contributed by atoms with van der Waals surface area (Å²) in [6.45, 7) is 2.88. The zero-order valence-electron chi connectivity index (χ0n) is 9.89. The highest BCUT2D eigenvalue weighted by Gasteiger charge is 2.33. The fraction of sp³-hybridized carbons (Fsp3) is 0.429. The normalized spacial score (nSPS) is 23.5. The Bertz CT molecular complexity index is 435. The van der Waals surface area contributed by atoms with Crippen molar-refractivity contribution in [2.45, 2.75) is 19.3 Å². The minimum atomic E-state index is -0.690. The minimum absolute atomic E-state index is 0.183. The molecule has 1 aromatic rings. The molecular formula is C14H16N2O. The zero-order chi connectivity index (χ0) is 12.3. The smallest absolute Gasteiger partial charge is 0.241 e. The summed E-state index contributed by atoms with van der Waals surface area (Å²) in [5, 5.41) is 11.9. The van der Waals surface area contributed by atoms with Crippen LogP contribution in [0.15, 0.2) is 30.3 Å². The van der Waals surface area contributed by atoms with E-state index in [9.17, 15) is 4.79 Å². The van der Waals surface area contributed by atoms with Crippen LogP contribution in [-0.4, -0.2) is 12.5 Å². The summed E-state index contributed by atoms with van der Waals surface area (Å²) in [6.07, 6.45) is 1.18. The molecular weight excluding hydrogens is 212 g/mol. The highest BCUT2D eigenvalue weighted by atomic mass is 16.1. The van der Waals surface area contributed by atoms with Crippen LogP contribution in [0.25, 0.3) is 0 Å². The van der Waals surface area contributed by atoms with E-state index in [0.717, 1.165) is 5.56 Å². The lowest BCUT2D eigenvalue weighted by Gasteiger charge is -2.10. The molecule has 0 saturated heterocycles. The number of nitrogens with one attached hydrogen (secondary N) is 1. The van der Waals surface area contributed by atoms with Gasteiger partial charge in [-0.15, -0.1) is 0 Å². The molecule has 17 heavy (non-hydrogen) atoms. The van der Waals surface area contributed by atoms with Crippen LogP contribution in [0.4, 0.5) is 0 Å². The lowest BCUT2D eigenvalue weighted by molar-refractivity contribution is -0.121. The van der Waals surface area contributed by atoms with Crippen LogP contribution >= 0.6 is 0 Å². The van der Waals surface area contributed by atoms with Gasteiger partial charge < -0.3 is 5.32 Å². The molecule has 2 rings (SSSR count). The molecule has 0 heterocycles. The predicted octanol–water partition coefficient (Wildman–Crippen LogP) is 2.07. The van der Waals surface area contributed by atoms with Gasteiger partial charge in [0.1, 0.15) is 5.92 Å². The first kappa shape index (κ1) is 11.7. The van der Waals surface area contributed by atoms with E-state index in [0.29, 0.717) is 18.4 Å². The van der Waals surface area contributed by atoms with Crippen LogP contribution in [0.1, 0.15) is 24.8 Å². The molecule has 0 radical (unpaired) electrons. The number of nitriles is 1. The summed E-state index contributed by atoms with van der Waals surface area (Å²) in [6, 6.07) is 11.2. The number of benzene rings is 1. The standard InChI is InChI=1S/C14H16N2O/c1-10-7-12(10)9-16-14(17)13(8-15)11-5-3-2-4-6-11/h2-6,10,12-13H,7,9H2,1H3,(H,16,17). The summed E-state index contributed by atoms with van der Waals surface area (Å²) in [5.74, 6) is 0.449. The summed E-state index contributed by atoms with van der Waals surface area (Å²) < 4.78 is 0. The van der Waals surface area contributed by atoms with Gasteiger partial charge in [0.15, 0.2) is 0 Å². The molecule has 3 atom stereocenters. The summed E-state index contributed by atoms with van der Waals surface area (Å²) >= 11 is 0. The van der Waals surface area contributed by atoms with Crippen molar-refractivity contribution in [3.63, 3.8) is 0 Å². The number of amides is 1. The lowest BCUT2D eigenvalue weighted by atomic mass is 10.00. The highest BCUT2D eigenvalue weighted by Crippen LogP contribution is 2.36. The monoisotopic (exact) mass is 228 g/mol. The van der Waals surface area contributed by atoms with Crippen molar-refractivity contribution in [1.29, 1.82) is 5.26 Å². The van der Waals surface area contributed by atoms with Crippen LogP contribution in [0.5, 0.6) is 0 Å². The SMILES string of the molecule is CC1CC1CNC(=O)C(C#N)c1ccccc1. The molecule has 1 fully saturated rings. The molecule has 1 amide bonds. The molecule has 1 N–H and O–H groups in total. The van der Waals surface area contributed by atoms with Crippen molar-refractivity contribution in [2.24, 2.45) is 11.8 Å². The average Bonchev–Trinajstić information content (AvgIpc) is 3.05. The van der Waals surface area contributed by atoms with E-state index < -0.39 is 5.92 Å². The van der Waals surface area contributed by atoms with Gasteiger partial charge in [0.2, 0.25) is 5.91 Å². The third-order valence-corrected chi connectivity index (χ3v) is 3.34. The maximum Gasteiger partial charge on any atom is 0.241 e. The third-order valence-electron chi connectivity index (χ3n) is 3.34. The van der Waals surface area contributed by atoms with Crippen LogP contribution in [-0.2, 0) is 4.79 Å². The van der Waals surface area contributed by atoms with E-state index in [1.54, 1.807) is 0 Å². The van der Waals surface area contributed by atoms with Crippen LogP contribution in [0, 0.1) is 23.2 Å². The molecule has 1 aliphatic carbocycles. The van der Waals surface area contributed by atoms with E-state index in [4.69, 9.17) is 5.26 Å². The molecule has 1 aromatic carbocycles. The van der Waals surface area contributed by atoms with Gasteiger partial charge in [-0.1, -0.05) is 37.3 Å². The quantitative estimate of drug-likeness (QED) is 0.857. The van der Waals surface area contributed by atoms with Crippen LogP contribution in [0.3, 0.4) is 0 Å². The Hall–Kier alpha value is -1.82. The molecule has 0 bridgehead atoms. The fourth-order valence-corrected chi connectivity index (χ4v) is 1.95. The van der Waals surface area contributed by atoms with E-state index >= 15 is 0 Å². The molecule has 88 valence electrons. The van der Waals surface area contributed by atoms with E-state index in [-0.39, 0.29) is 5.91 Å². The molecule has 1 aliphatic rings. The summed E-state index contributed by atoms with van der Waals surface area (Å²) in [5.41, 5.74) is 0.761. The Kier molecular flexibility index (Phi) is 3.43.